The normalized spacial score (nSPS) is 17.0. The lowest BCUT2D eigenvalue weighted by molar-refractivity contribution is 0.0514. The van der Waals surface area contributed by atoms with Crippen LogP contribution >= 0.6 is 11.6 Å². The van der Waals surface area contributed by atoms with Crippen LogP contribution in [0.25, 0.3) is 0 Å². The van der Waals surface area contributed by atoms with Gasteiger partial charge in [0.1, 0.15) is 0 Å². The van der Waals surface area contributed by atoms with Crippen molar-refractivity contribution in [2.45, 2.75) is 44.6 Å². The molecule has 1 fully saturated rings. The van der Waals surface area contributed by atoms with Crippen LogP contribution in [-0.2, 0) is 16.7 Å². The molecule has 0 unspecified atom stereocenters. The Morgan fingerprint density at radius 2 is 2.00 bits per heavy atom. The van der Waals surface area contributed by atoms with Gasteiger partial charge in [-0.15, -0.1) is 0 Å². The first-order valence-corrected chi connectivity index (χ1v) is 10.1. The molecule has 1 aromatic carbocycles. The Morgan fingerprint density at radius 1 is 1.25 bits per heavy atom. The number of halogens is 1. The molecule has 1 aliphatic rings. The van der Waals surface area contributed by atoms with Gasteiger partial charge in [0.05, 0.1) is 12.2 Å². The van der Waals surface area contributed by atoms with Crippen molar-refractivity contribution in [3.63, 3.8) is 0 Å². The summed E-state index contributed by atoms with van der Waals surface area (Å²) in [5.74, 6) is 1.86. The molecule has 1 saturated heterocycles. The fourth-order valence-electron chi connectivity index (χ4n) is 3.52. The topological polar surface area (TPSA) is 71.7 Å². The van der Waals surface area contributed by atoms with E-state index in [9.17, 15) is 0 Å². The highest BCUT2D eigenvalue weighted by Gasteiger charge is 2.36. The minimum Gasteiger partial charge on any atom is -0.381 e. The molecule has 0 aliphatic carbocycles. The molecule has 0 saturated carbocycles. The van der Waals surface area contributed by atoms with E-state index in [2.05, 4.69) is 40.7 Å². The second kappa shape index (κ2) is 9.43. The van der Waals surface area contributed by atoms with Crippen molar-refractivity contribution in [3.8, 4) is 0 Å². The Bertz CT molecular complexity index is 797. The van der Waals surface area contributed by atoms with E-state index in [4.69, 9.17) is 20.9 Å². The van der Waals surface area contributed by atoms with Crippen molar-refractivity contribution in [1.29, 1.82) is 0 Å². The predicted octanol–water partition coefficient (Wildman–Crippen LogP) is 3.86. The Hall–Kier alpha value is -2.05. The first-order chi connectivity index (χ1) is 13.5. The summed E-state index contributed by atoms with van der Waals surface area (Å²) in [6.45, 7) is 6.91. The van der Waals surface area contributed by atoms with Gasteiger partial charge in [0.25, 0.3) is 0 Å². The maximum absolute atomic E-state index is 6.53. The van der Waals surface area contributed by atoms with E-state index in [1.807, 2.05) is 24.3 Å². The highest BCUT2D eigenvalue weighted by Crippen LogP contribution is 2.38. The quantitative estimate of drug-likeness (QED) is 0.565. The second-order valence-corrected chi connectivity index (χ2v) is 7.93. The van der Waals surface area contributed by atoms with Crippen molar-refractivity contribution in [1.82, 2.24) is 15.8 Å². The summed E-state index contributed by atoms with van der Waals surface area (Å²) in [7, 11) is 1.77. The second-order valence-electron chi connectivity index (χ2n) is 7.52. The molecule has 7 heteroatoms. The van der Waals surface area contributed by atoms with Crippen LogP contribution in [0.4, 0.5) is 0 Å². The van der Waals surface area contributed by atoms with E-state index in [1.165, 1.54) is 5.56 Å². The van der Waals surface area contributed by atoms with Crippen LogP contribution in [0.3, 0.4) is 0 Å². The summed E-state index contributed by atoms with van der Waals surface area (Å²) < 4.78 is 11.0. The molecular weight excluding hydrogens is 376 g/mol. The summed E-state index contributed by atoms with van der Waals surface area (Å²) in [6, 6.07) is 10.1. The highest BCUT2D eigenvalue weighted by molar-refractivity contribution is 6.31. The van der Waals surface area contributed by atoms with Gasteiger partial charge in [-0.25, -0.2) is 0 Å². The molecule has 3 rings (SSSR count). The van der Waals surface area contributed by atoms with E-state index >= 15 is 0 Å². The van der Waals surface area contributed by atoms with Crippen LogP contribution in [0.2, 0.25) is 5.02 Å². The Balaban J connectivity index is 1.65. The van der Waals surface area contributed by atoms with E-state index < -0.39 is 0 Å². The molecule has 1 aromatic heterocycles. The number of aromatic nitrogens is 1. The minimum absolute atomic E-state index is 0.0781. The molecular formula is C21H29ClN4O2. The van der Waals surface area contributed by atoms with Crippen molar-refractivity contribution in [2.24, 2.45) is 4.99 Å². The third-order valence-electron chi connectivity index (χ3n) is 5.31. The molecule has 2 aromatic rings. The number of guanidine groups is 1. The van der Waals surface area contributed by atoms with Crippen LogP contribution in [0.1, 0.15) is 49.6 Å². The fraction of sp³-hybridized carbons (Fsp3) is 0.524. The van der Waals surface area contributed by atoms with Gasteiger partial charge < -0.3 is 19.9 Å². The zero-order valence-corrected chi connectivity index (χ0v) is 17.6. The van der Waals surface area contributed by atoms with Gasteiger partial charge in [0, 0.05) is 43.3 Å². The Labute approximate surface area is 171 Å². The Morgan fingerprint density at radius 3 is 2.64 bits per heavy atom. The number of nitrogens with one attached hydrogen (secondary N) is 2. The monoisotopic (exact) mass is 404 g/mol. The van der Waals surface area contributed by atoms with Crippen LogP contribution in [0, 0.1) is 0 Å². The highest BCUT2D eigenvalue weighted by atomic mass is 35.5. The summed E-state index contributed by atoms with van der Waals surface area (Å²) in [5, 5.41) is 11.7. The first-order valence-electron chi connectivity index (χ1n) is 9.77. The van der Waals surface area contributed by atoms with Crippen LogP contribution in [0.15, 0.2) is 39.8 Å². The van der Waals surface area contributed by atoms with Crippen molar-refractivity contribution < 1.29 is 9.26 Å². The Kier molecular flexibility index (Phi) is 6.97. The first kappa shape index (κ1) is 20.7. The summed E-state index contributed by atoms with van der Waals surface area (Å²) in [4.78, 5) is 4.34. The van der Waals surface area contributed by atoms with Crippen LogP contribution < -0.4 is 10.6 Å². The largest absolute Gasteiger partial charge is 0.381 e. The SMILES string of the molecule is CN=C(NCc1cc(C(C)C)no1)NCC1(c2ccccc2Cl)CCOCC1. The summed E-state index contributed by atoms with van der Waals surface area (Å²) in [5.41, 5.74) is 2.05. The van der Waals surface area contributed by atoms with Gasteiger partial charge in [0.15, 0.2) is 11.7 Å². The number of ether oxygens (including phenoxy) is 1. The standard InChI is InChI=1S/C21H29ClN4O2/c1-15(2)19-12-16(28-26-19)13-24-20(23-3)25-14-21(8-10-27-11-9-21)17-6-4-5-7-18(17)22/h4-7,12,15H,8-11,13-14H2,1-3H3,(H2,23,24,25). The number of rotatable bonds is 6. The van der Waals surface area contributed by atoms with E-state index in [0.29, 0.717) is 12.5 Å². The molecule has 2 N–H and O–H groups in total. The van der Waals surface area contributed by atoms with Crippen molar-refractivity contribution >= 4 is 17.6 Å². The zero-order valence-electron chi connectivity index (χ0n) is 16.8. The minimum atomic E-state index is -0.0781. The number of nitrogens with zero attached hydrogens (tertiary/aromatic N) is 2. The maximum Gasteiger partial charge on any atom is 0.191 e. The molecule has 28 heavy (non-hydrogen) atoms. The molecule has 6 nitrogen and oxygen atoms in total. The van der Waals surface area contributed by atoms with Gasteiger partial charge >= 0.3 is 0 Å². The van der Waals surface area contributed by atoms with Gasteiger partial charge in [0.2, 0.25) is 0 Å². The third-order valence-corrected chi connectivity index (χ3v) is 5.64. The number of benzene rings is 1. The molecule has 1 aliphatic heterocycles. The average molecular weight is 405 g/mol. The average Bonchev–Trinajstić information content (AvgIpc) is 3.18. The van der Waals surface area contributed by atoms with E-state index in [1.54, 1.807) is 7.05 Å². The molecule has 2 heterocycles. The lowest BCUT2D eigenvalue weighted by Gasteiger charge is -2.38. The van der Waals surface area contributed by atoms with Gasteiger partial charge in [-0.05, 0) is 30.4 Å². The maximum atomic E-state index is 6.53. The summed E-state index contributed by atoms with van der Waals surface area (Å²) in [6.07, 6.45) is 1.83. The van der Waals surface area contributed by atoms with Crippen molar-refractivity contribution in [2.75, 3.05) is 26.8 Å². The van der Waals surface area contributed by atoms with Crippen molar-refractivity contribution in [3.05, 3.63) is 52.4 Å². The predicted molar refractivity (Wildman–Crippen MR) is 112 cm³/mol. The van der Waals surface area contributed by atoms with E-state index in [-0.39, 0.29) is 5.41 Å². The number of aliphatic imine (C=N–C) groups is 1. The van der Waals surface area contributed by atoms with Gasteiger partial charge in [-0.3, -0.25) is 4.99 Å². The molecule has 0 bridgehead atoms. The third kappa shape index (κ3) is 4.86. The van der Waals surface area contributed by atoms with Crippen LogP contribution in [0.5, 0.6) is 0 Å². The fourth-order valence-corrected chi connectivity index (χ4v) is 3.86. The molecule has 0 radical (unpaired) electrons. The lowest BCUT2D eigenvalue weighted by Crippen LogP contribution is -2.48. The van der Waals surface area contributed by atoms with Gasteiger partial charge in [-0.1, -0.05) is 48.8 Å². The van der Waals surface area contributed by atoms with Gasteiger partial charge in [-0.2, -0.15) is 0 Å². The lowest BCUT2D eigenvalue weighted by atomic mass is 9.74. The summed E-state index contributed by atoms with van der Waals surface area (Å²) >= 11 is 6.53. The number of hydrogen-bond acceptors (Lipinski definition) is 4. The van der Waals surface area contributed by atoms with Crippen LogP contribution in [-0.4, -0.2) is 37.9 Å². The van der Waals surface area contributed by atoms with E-state index in [0.717, 1.165) is 55.0 Å². The molecule has 0 spiro atoms. The number of hydrogen-bond donors (Lipinski definition) is 2. The molecule has 0 amide bonds. The molecule has 0 atom stereocenters. The molecule has 152 valence electrons. The smallest absolute Gasteiger partial charge is 0.191 e. The zero-order chi connectivity index (χ0) is 20.0.